The van der Waals surface area contributed by atoms with Crippen LogP contribution in [0.15, 0.2) is 35.5 Å². The van der Waals surface area contributed by atoms with E-state index in [0.717, 1.165) is 32.0 Å². The Morgan fingerprint density at radius 1 is 0.962 bits per heavy atom. The minimum Gasteiger partial charge on any atom is -0.348 e. The summed E-state index contributed by atoms with van der Waals surface area (Å²) in [6.45, 7) is 9.81. The highest BCUT2D eigenvalue weighted by Crippen LogP contribution is 2.39. The van der Waals surface area contributed by atoms with Crippen molar-refractivity contribution >= 4 is 0 Å². The molecule has 26 heavy (non-hydrogen) atoms. The third kappa shape index (κ3) is 4.32. The van der Waals surface area contributed by atoms with Crippen LogP contribution in [0.4, 0.5) is 0 Å². The average molecular weight is 358 g/mol. The lowest BCUT2D eigenvalue weighted by molar-refractivity contribution is -0.182. The second-order valence-corrected chi connectivity index (χ2v) is 9.22. The van der Waals surface area contributed by atoms with Gasteiger partial charge in [0, 0.05) is 31.3 Å². The fourth-order valence-electron chi connectivity index (χ4n) is 4.84. The van der Waals surface area contributed by atoms with Gasteiger partial charge in [0.2, 0.25) is 0 Å². The molecule has 0 aromatic heterocycles. The molecule has 0 N–H and O–H groups in total. The second-order valence-electron chi connectivity index (χ2n) is 9.22. The molecule has 2 aliphatic heterocycles. The SMILES string of the molecule is CC1(C)C=CC2=C(C=C1)CCN(CCC1CCC3(CC1)OCCO3)CC2. The summed E-state index contributed by atoms with van der Waals surface area (Å²) in [5.74, 6) is 0.649. The van der Waals surface area contributed by atoms with Gasteiger partial charge in [-0.25, -0.2) is 0 Å². The molecular weight excluding hydrogens is 322 g/mol. The molecule has 2 heterocycles. The maximum Gasteiger partial charge on any atom is 0.168 e. The van der Waals surface area contributed by atoms with Gasteiger partial charge in [0.25, 0.3) is 0 Å². The summed E-state index contributed by atoms with van der Waals surface area (Å²) in [7, 11) is 0. The van der Waals surface area contributed by atoms with Gasteiger partial charge in [-0.3, -0.25) is 0 Å². The van der Waals surface area contributed by atoms with Crippen LogP contribution in [0.5, 0.6) is 0 Å². The Bertz CT molecular complexity index is 555. The maximum absolute atomic E-state index is 5.87. The predicted molar refractivity (Wildman–Crippen MR) is 106 cm³/mol. The number of rotatable bonds is 3. The Morgan fingerprint density at radius 2 is 1.54 bits per heavy atom. The highest BCUT2D eigenvalue weighted by molar-refractivity contribution is 5.39. The normalized spacial score (nSPS) is 29.0. The van der Waals surface area contributed by atoms with E-state index in [1.54, 1.807) is 11.1 Å². The molecule has 0 aromatic carbocycles. The number of hydrogen-bond donors (Lipinski definition) is 0. The first-order valence-electron chi connectivity index (χ1n) is 10.6. The first-order valence-corrected chi connectivity index (χ1v) is 10.6. The molecule has 4 aliphatic rings. The van der Waals surface area contributed by atoms with E-state index in [1.165, 1.54) is 51.7 Å². The van der Waals surface area contributed by atoms with Crippen LogP contribution in [0.2, 0.25) is 0 Å². The van der Waals surface area contributed by atoms with Crippen LogP contribution in [0.3, 0.4) is 0 Å². The van der Waals surface area contributed by atoms with Gasteiger partial charge in [0.15, 0.2) is 5.79 Å². The summed E-state index contributed by atoms with van der Waals surface area (Å²) in [6.07, 6.45) is 18.0. The van der Waals surface area contributed by atoms with E-state index >= 15 is 0 Å². The molecule has 1 saturated carbocycles. The lowest BCUT2D eigenvalue weighted by Gasteiger charge is -2.36. The van der Waals surface area contributed by atoms with Crippen LogP contribution < -0.4 is 0 Å². The van der Waals surface area contributed by atoms with E-state index in [-0.39, 0.29) is 11.2 Å². The Balaban J connectivity index is 1.24. The third-order valence-electron chi connectivity index (χ3n) is 6.77. The molecule has 4 rings (SSSR count). The van der Waals surface area contributed by atoms with Gasteiger partial charge in [0.05, 0.1) is 13.2 Å². The number of allylic oxidation sites excluding steroid dienone is 4. The van der Waals surface area contributed by atoms with Crippen LogP contribution in [-0.2, 0) is 9.47 Å². The van der Waals surface area contributed by atoms with E-state index < -0.39 is 0 Å². The van der Waals surface area contributed by atoms with Gasteiger partial charge < -0.3 is 14.4 Å². The largest absolute Gasteiger partial charge is 0.348 e. The van der Waals surface area contributed by atoms with Crippen LogP contribution in [0, 0.1) is 11.3 Å². The van der Waals surface area contributed by atoms with Crippen molar-refractivity contribution in [1.82, 2.24) is 4.90 Å². The minimum absolute atomic E-state index is 0.191. The van der Waals surface area contributed by atoms with Crippen molar-refractivity contribution in [2.24, 2.45) is 11.3 Å². The zero-order chi connectivity index (χ0) is 18.0. The Labute approximate surface area is 159 Å². The van der Waals surface area contributed by atoms with Crippen molar-refractivity contribution in [3.63, 3.8) is 0 Å². The van der Waals surface area contributed by atoms with Gasteiger partial charge in [0.1, 0.15) is 0 Å². The van der Waals surface area contributed by atoms with E-state index in [4.69, 9.17) is 9.47 Å². The summed E-state index contributed by atoms with van der Waals surface area (Å²) in [5.41, 5.74) is 3.31. The van der Waals surface area contributed by atoms with Gasteiger partial charge in [-0.2, -0.15) is 0 Å². The standard InChI is InChI=1S/C23H35NO2/c1-22(2)10-5-20-8-15-24(16-9-21(20)6-11-22)14-7-19-3-12-23(13-4-19)25-17-18-26-23/h5-6,10-11,19H,3-4,7-9,12-18H2,1-2H3. The van der Waals surface area contributed by atoms with Crippen LogP contribution in [0.1, 0.15) is 58.8 Å². The maximum atomic E-state index is 5.87. The van der Waals surface area contributed by atoms with Crippen molar-refractivity contribution in [2.75, 3.05) is 32.8 Å². The molecule has 0 atom stereocenters. The second kappa shape index (κ2) is 7.61. The molecule has 144 valence electrons. The molecule has 3 heteroatoms. The van der Waals surface area contributed by atoms with Crippen molar-refractivity contribution in [3.8, 4) is 0 Å². The molecule has 2 aliphatic carbocycles. The first-order chi connectivity index (χ1) is 12.5. The fraction of sp³-hybridized carbons (Fsp3) is 0.739. The predicted octanol–water partition coefficient (Wildman–Crippen LogP) is 4.85. The smallest absolute Gasteiger partial charge is 0.168 e. The Hall–Kier alpha value is -0.900. The molecule has 1 spiro atoms. The van der Waals surface area contributed by atoms with Crippen LogP contribution in [-0.4, -0.2) is 43.5 Å². The number of hydrogen-bond acceptors (Lipinski definition) is 3. The van der Waals surface area contributed by atoms with Crippen LogP contribution >= 0.6 is 0 Å². The highest BCUT2D eigenvalue weighted by atomic mass is 16.7. The zero-order valence-corrected chi connectivity index (χ0v) is 16.6. The summed E-state index contributed by atoms with van der Waals surface area (Å²) < 4.78 is 11.7. The Morgan fingerprint density at radius 3 is 2.12 bits per heavy atom. The topological polar surface area (TPSA) is 21.7 Å². The monoisotopic (exact) mass is 357 g/mol. The summed E-state index contributed by atoms with van der Waals surface area (Å²) in [4.78, 5) is 2.69. The van der Waals surface area contributed by atoms with Crippen molar-refractivity contribution in [2.45, 2.75) is 64.6 Å². The summed E-state index contributed by atoms with van der Waals surface area (Å²) in [6, 6.07) is 0. The molecule has 3 nitrogen and oxygen atoms in total. The zero-order valence-electron chi connectivity index (χ0n) is 16.6. The molecular formula is C23H35NO2. The molecule has 1 saturated heterocycles. The van der Waals surface area contributed by atoms with E-state index in [0.29, 0.717) is 0 Å². The van der Waals surface area contributed by atoms with E-state index in [9.17, 15) is 0 Å². The molecule has 0 aromatic rings. The van der Waals surface area contributed by atoms with Gasteiger partial charge >= 0.3 is 0 Å². The molecule has 0 amide bonds. The number of ether oxygens (including phenoxy) is 2. The average Bonchev–Trinajstić information content (AvgIpc) is 2.91. The lowest BCUT2D eigenvalue weighted by Crippen LogP contribution is -2.36. The van der Waals surface area contributed by atoms with Crippen molar-refractivity contribution < 1.29 is 9.47 Å². The highest BCUT2D eigenvalue weighted by Gasteiger charge is 2.40. The Kier molecular flexibility index (Phi) is 5.41. The number of nitrogens with zero attached hydrogens (tertiary/aromatic N) is 1. The van der Waals surface area contributed by atoms with Gasteiger partial charge in [-0.05, 0) is 55.7 Å². The quantitative estimate of drug-likeness (QED) is 0.720. The lowest BCUT2D eigenvalue weighted by atomic mass is 9.83. The van der Waals surface area contributed by atoms with E-state index in [1.807, 2.05) is 0 Å². The fourth-order valence-corrected chi connectivity index (χ4v) is 4.84. The van der Waals surface area contributed by atoms with Crippen molar-refractivity contribution in [1.29, 1.82) is 0 Å². The molecule has 0 bridgehead atoms. The van der Waals surface area contributed by atoms with Gasteiger partial charge in [-0.1, -0.05) is 38.2 Å². The summed E-state index contributed by atoms with van der Waals surface area (Å²) >= 11 is 0. The third-order valence-corrected chi connectivity index (χ3v) is 6.77. The van der Waals surface area contributed by atoms with Gasteiger partial charge in [-0.15, -0.1) is 0 Å². The minimum atomic E-state index is -0.201. The van der Waals surface area contributed by atoms with Crippen LogP contribution in [0.25, 0.3) is 0 Å². The summed E-state index contributed by atoms with van der Waals surface area (Å²) in [5, 5.41) is 0. The van der Waals surface area contributed by atoms with Crippen molar-refractivity contribution in [3.05, 3.63) is 35.5 Å². The molecule has 2 fully saturated rings. The van der Waals surface area contributed by atoms with E-state index in [2.05, 4.69) is 43.1 Å². The molecule has 0 unspecified atom stereocenters. The molecule has 0 radical (unpaired) electrons. The first kappa shape index (κ1) is 18.5.